The number of carboxylic acids is 3. The molecule has 5 aromatic carbocycles. The molecule has 21 nitrogen and oxygen atoms in total. The number of hydrogen-bond acceptors (Lipinski definition) is 18. The molecule has 0 heterocycles. The first-order valence-electron chi connectivity index (χ1n) is 40.2. The predicted molar refractivity (Wildman–Crippen MR) is 440 cm³/mol. The molecule has 630 valence electrons. The number of esters is 7. The molecule has 115 heavy (non-hydrogen) atoms. The van der Waals surface area contributed by atoms with Crippen molar-refractivity contribution in [3.63, 3.8) is 0 Å². The maximum absolute atomic E-state index is 13.0. The molecule has 0 radical (unpaired) electrons. The minimum Gasteiger partial charge on any atom is -0.870 e. The third-order valence-electron chi connectivity index (χ3n) is 21.2. The average molecular weight is 1590 g/mol. The van der Waals surface area contributed by atoms with E-state index in [1.165, 1.54) is 14.2 Å². The van der Waals surface area contributed by atoms with Crippen molar-refractivity contribution in [3.05, 3.63) is 177 Å². The summed E-state index contributed by atoms with van der Waals surface area (Å²) in [5.74, 6) is -4.47. The van der Waals surface area contributed by atoms with Crippen molar-refractivity contribution in [1.82, 2.24) is 0 Å². The number of aromatic carboxylic acids is 1. The predicted octanol–water partition coefficient (Wildman–Crippen LogP) is 17.5. The first kappa shape index (κ1) is 102. The zero-order valence-electron chi connectivity index (χ0n) is 71.1. The van der Waals surface area contributed by atoms with Gasteiger partial charge >= 0.3 is 78.6 Å². The average Bonchev–Trinajstić information content (AvgIpc) is 0.785. The molecule has 0 aliphatic heterocycles. The molecule has 0 bridgehead atoms. The Bertz CT molecular complexity index is 3880. The second-order valence-electron chi connectivity index (χ2n) is 33.4. The summed E-state index contributed by atoms with van der Waals surface area (Å²) in [4.78, 5) is 120. The zero-order chi connectivity index (χ0) is 83.5. The van der Waals surface area contributed by atoms with Crippen molar-refractivity contribution in [2.75, 3.05) is 14.2 Å². The van der Waals surface area contributed by atoms with Crippen LogP contribution in [0.3, 0.4) is 0 Å². The fourth-order valence-electron chi connectivity index (χ4n) is 15.4. The topological polar surface area (TPSA) is 326 Å². The second-order valence-corrected chi connectivity index (χ2v) is 33.4. The summed E-state index contributed by atoms with van der Waals surface area (Å²) >= 11 is 0. The largest absolute Gasteiger partial charge is 1.00 e. The number of benzene rings is 5. The van der Waals surface area contributed by atoms with Gasteiger partial charge in [0.05, 0.1) is 81.3 Å². The molecule has 5 aliphatic carbocycles. The van der Waals surface area contributed by atoms with Crippen molar-refractivity contribution in [3.8, 4) is 0 Å². The molecular weight excluding hydrogens is 1460 g/mol. The minimum absolute atomic E-state index is 0. The van der Waals surface area contributed by atoms with Gasteiger partial charge in [0.25, 0.3) is 0 Å². The molecule has 0 unspecified atom stereocenters. The van der Waals surface area contributed by atoms with E-state index in [-0.39, 0.29) is 85.4 Å². The van der Waals surface area contributed by atoms with Crippen LogP contribution in [0.1, 0.15) is 351 Å². The maximum atomic E-state index is 13.0. The van der Waals surface area contributed by atoms with Gasteiger partial charge in [-0.1, -0.05) is 178 Å². The van der Waals surface area contributed by atoms with E-state index in [1.54, 1.807) is 111 Å². The Morgan fingerprint density at radius 2 is 0.478 bits per heavy atom. The smallest absolute Gasteiger partial charge is 0.870 e. The van der Waals surface area contributed by atoms with Crippen molar-refractivity contribution in [1.29, 1.82) is 0 Å². The minimum atomic E-state index is -0.957. The number of aliphatic carboxylic acids is 2. The van der Waals surface area contributed by atoms with Crippen LogP contribution < -0.4 is 18.9 Å². The van der Waals surface area contributed by atoms with Crippen LogP contribution >= 0.6 is 0 Å². The number of methoxy groups -OCH3 is 2. The SMILES string of the molecule is C.CC.CC(C)(C)OC(=O)C1(c2ccc(C(=O)O)cc2)CCCCC1.CC(C)OC(=O)c1ccc(C2(C(=O)O)CCCCC2)cc1.CC(C)OC(=O)c1ccc(C2(C(=O)OC(C)(C)C)CCCCC2)cc1.COC(=O)c1ccc(C2(C(=O)O)CCCCC2)cc1.COC(=O)c1ccc(C2(C(=O)OC(C)(C)C)CCCCC2)cc1.[Li+].[OH-]. The molecule has 5 aromatic rings. The third kappa shape index (κ3) is 28.6. The Balaban J connectivity index is 0.000000483. The molecule has 5 saturated carbocycles. The fourth-order valence-corrected chi connectivity index (χ4v) is 15.4. The Kier molecular flexibility index (Phi) is 41.3. The van der Waals surface area contributed by atoms with E-state index in [4.69, 9.17) is 33.5 Å². The molecule has 5 fully saturated rings. The molecule has 4 N–H and O–H groups in total. The van der Waals surface area contributed by atoms with E-state index in [1.807, 2.05) is 114 Å². The van der Waals surface area contributed by atoms with Crippen molar-refractivity contribution < 1.29 is 121 Å². The van der Waals surface area contributed by atoms with Gasteiger partial charge in [-0.2, -0.15) is 0 Å². The number of ether oxygens (including phenoxy) is 7. The van der Waals surface area contributed by atoms with Gasteiger partial charge in [-0.25, -0.2) is 24.0 Å². The van der Waals surface area contributed by atoms with E-state index >= 15 is 0 Å². The summed E-state index contributed by atoms with van der Waals surface area (Å²) in [5.41, 5.74) is 1.49. The quantitative estimate of drug-likeness (QED) is 0.0442. The van der Waals surface area contributed by atoms with E-state index in [0.29, 0.717) is 47.9 Å². The normalized spacial score (nSPS) is 16.8. The Labute approximate surface area is 695 Å². The van der Waals surface area contributed by atoms with Crippen LogP contribution in [-0.4, -0.2) is 124 Å². The van der Waals surface area contributed by atoms with E-state index in [0.717, 1.165) is 163 Å². The van der Waals surface area contributed by atoms with Gasteiger partial charge in [-0.3, -0.25) is 24.0 Å². The monoisotopic (exact) mass is 1590 g/mol. The van der Waals surface area contributed by atoms with Crippen LogP contribution in [0.5, 0.6) is 0 Å². The molecule has 0 aromatic heterocycles. The van der Waals surface area contributed by atoms with Gasteiger partial charge < -0.3 is 54.0 Å². The summed E-state index contributed by atoms with van der Waals surface area (Å²) in [6.45, 7) is 28.2. The molecule has 0 amide bonds. The van der Waals surface area contributed by atoms with Gasteiger partial charge in [0.1, 0.15) is 16.8 Å². The molecular formula is C93H131LiO21. The zero-order valence-corrected chi connectivity index (χ0v) is 71.1. The molecule has 0 spiro atoms. The standard InChI is InChI=1S/C21H30O4.C19H26O4.C18H24O4.C17H22O4.C15H18O4.C2H6.CH4.Li.H2O/c1-15(2)24-18(22)16-9-11-17(12-10-16)21(13-7-6-8-14-21)19(23)25-20(3,4)5;1-18(2,3)23-17(21)19(12-6-5-7-13-19)15-10-8-14(9-11-15)16(20)22-4;1-17(2,3)22-16(21)18(11-5-4-6-12-18)14-9-7-13(8-10-14)15(19)20;1-12(2)21-15(18)13-6-8-14(9-7-13)17(16(19)20)10-4-3-5-11-17;1-19-13(16)11-5-7-12(8-6-11)15(14(17)18)9-3-2-4-10-15;1-2;;;/h9-12,15H,6-8,13-14H2,1-5H3;8-11H,5-7,12-13H2,1-4H3;7-10H,4-6,11-12H2,1-3H3,(H,19,20);6-9,12H,3-5,10-11H2,1-2H3,(H,19,20);5-8H,2-4,9-10H2,1H3,(H,17,18);1-2H3;1H4;;1H2/q;;;;;;;+1;/p-1. The van der Waals surface area contributed by atoms with Crippen molar-refractivity contribution in [2.24, 2.45) is 0 Å². The molecule has 22 heteroatoms. The van der Waals surface area contributed by atoms with Crippen LogP contribution in [0.4, 0.5) is 0 Å². The Morgan fingerprint density at radius 3 is 0.643 bits per heavy atom. The fraction of sp³-hybridized carbons (Fsp3) is 0.570. The number of rotatable bonds is 17. The molecule has 0 atom stereocenters. The number of carbonyl (C=O) groups excluding carboxylic acids is 7. The van der Waals surface area contributed by atoms with E-state index < -0.39 is 67.8 Å². The maximum Gasteiger partial charge on any atom is 1.00 e. The Morgan fingerprint density at radius 1 is 0.304 bits per heavy atom. The summed E-state index contributed by atoms with van der Waals surface area (Å²) in [5, 5.41) is 28.2. The molecule has 5 aliphatic rings. The summed E-state index contributed by atoms with van der Waals surface area (Å²) in [6, 6.07) is 34.7. The van der Waals surface area contributed by atoms with Gasteiger partial charge in [-0.05, 0) is 243 Å². The third-order valence-corrected chi connectivity index (χ3v) is 21.2. The van der Waals surface area contributed by atoms with Crippen LogP contribution in [-0.2, 0) is 84.2 Å². The van der Waals surface area contributed by atoms with E-state index in [2.05, 4.69) is 4.74 Å². The van der Waals surface area contributed by atoms with Crippen molar-refractivity contribution >= 4 is 59.7 Å². The van der Waals surface area contributed by atoms with Gasteiger partial charge in [0, 0.05) is 0 Å². The number of carbonyl (C=O) groups is 10. The van der Waals surface area contributed by atoms with E-state index in [9.17, 15) is 58.2 Å². The summed E-state index contributed by atoms with van der Waals surface area (Å²) in [6.07, 6.45) is 22.4. The summed E-state index contributed by atoms with van der Waals surface area (Å²) in [7, 11) is 2.69. The molecule has 10 rings (SSSR count). The molecule has 0 saturated heterocycles. The number of carboxylic acid groups (broad SMARTS) is 3. The van der Waals surface area contributed by atoms with Crippen molar-refractivity contribution in [2.45, 2.75) is 328 Å². The van der Waals surface area contributed by atoms with Crippen LogP contribution in [0.15, 0.2) is 121 Å². The summed E-state index contributed by atoms with van der Waals surface area (Å²) < 4.78 is 36.8. The van der Waals surface area contributed by atoms with Gasteiger partial charge in [-0.15, -0.1) is 0 Å². The van der Waals surface area contributed by atoms with Gasteiger partial charge in [0.2, 0.25) is 0 Å². The number of hydrogen-bond donors (Lipinski definition) is 3. The van der Waals surface area contributed by atoms with Crippen LogP contribution in [0.2, 0.25) is 0 Å². The van der Waals surface area contributed by atoms with Crippen LogP contribution in [0.25, 0.3) is 0 Å². The van der Waals surface area contributed by atoms with Gasteiger partial charge in [0.15, 0.2) is 0 Å². The first-order valence-corrected chi connectivity index (χ1v) is 40.2. The van der Waals surface area contributed by atoms with Crippen LogP contribution in [0, 0.1) is 0 Å². The first-order chi connectivity index (χ1) is 52.7. The second kappa shape index (κ2) is 46.3. The Hall–Kier alpha value is -8.64.